The van der Waals surface area contributed by atoms with Crippen molar-refractivity contribution in [1.82, 2.24) is 20.0 Å². The number of halogens is 1. The van der Waals surface area contributed by atoms with E-state index >= 15 is 0 Å². The lowest BCUT2D eigenvalue weighted by Gasteiger charge is -2.18. The van der Waals surface area contributed by atoms with Crippen LogP contribution in [0.3, 0.4) is 0 Å². The van der Waals surface area contributed by atoms with Gasteiger partial charge in [0.25, 0.3) is 0 Å². The van der Waals surface area contributed by atoms with Crippen LogP contribution in [0.4, 0.5) is 0 Å². The summed E-state index contributed by atoms with van der Waals surface area (Å²) in [7, 11) is 0. The quantitative estimate of drug-likeness (QED) is 0.640. The minimum Gasteiger partial charge on any atom is -0.437 e. The Morgan fingerprint density at radius 2 is 2.12 bits per heavy atom. The monoisotopic (exact) mass is 416 g/mol. The van der Waals surface area contributed by atoms with Crippen LogP contribution in [0.1, 0.15) is 38.4 Å². The van der Waals surface area contributed by atoms with Crippen LogP contribution in [0.5, 0.6) is 11.6 Å². The highest BCUT2D eigenvalue weighted by molar-refractivity contribution is 9.10. The molecule has 1 aromatic carbocycles. The number of nitrogens with zero attached hydrogens (tertiary/aromatic N) is 4. The second-order valence-electron chi connectivity index (χ2n) is 7.15. The van der Waals surface area contributed by atoms with Crippen LogP contribution >= 0.6 is 15.9 Å². The van der Waals surface area contributed by atoms with E-state index in [1.54, 1.807) is 12.3 Å². The van der Waals surface area contributed by atoms with Crippen molar-refractivity contribution in [2.24, 2.45) is 11.8 Å². The standard InChI is InChI=1S/C19H21BrN4O2/c1-11(2)18(25)13-4-3-9-21-19(13)26-15-8-7-14-17(16(15)20)22-23-24(14)10-12-5-6-12/h3-4,7-9,11-12,18,25H,5-6,10H2,1-2H3. The van der Waals surface area contributed by atoms with Crippen LogP contribution in [0.15, 0.2) is 34.9 Å². The molecule has 0 aliphatic heterocycles. The molecule has 3 aromatic rings. The van der Waals surface area contributed by atoms with Crippen LogP contribution in [0, 0.1) is 11.8 Å². The molecule has 1 aliphatic carbocycles. The van der Waals surface area contributed by atoms with Crippen LogP contribution in [0.25, 0.3) is 11.0 Å². The molecular formula is C19H21BrN4O2. The number of hydrogen-bond donors (Lipinski definition) is 1. The van der Waals surface area contributed by atoms with Crippen molar-refractivity contribution in [2.45, 2.75) is 39.3 Å². The molecule has 6 nitrogen and oxygen atoms in total. The van der Waals surface area contributed by atoms with Crippen molar-refractivity contribution >= 4 is 27.0 Å². The van der Waals surface area contributed by atoms with Gasteiger partial charge in [0, 0.05) is 18.3 Å². The van der Waals surface area contributed by atoms with Crippen molar-refractivity contribution in [3.8, 4) is 11.6 Å². The molecule has 0 amide bonds. The molecule has 1 unspecified atom stereocenters. The molecule has 1 atom stereocenters. The summed E-state index contributed by atoms with van der Waals surface area (Å²) >= 11 is 3.59. The average Bonchev–Trinajstić information content (AvgIpc) is 3.36. The predicted molar refractivity (Wildman–Crippen MR) is 102 cm³/mol. The van der Waals surface area contributed by atoms with Gasteiger partial charge in [0.1, 0.15) is 11.3 Å². The van der Waals surface area contributed by atoms with Gasteiger partial charge in [-0.25, -0.2) is 9.67 Å². The Balaban J connectivity index is 1.67. The molecule has 2 heterocycles. The van der Waals surface area contributed by atoms with E-state index < -0.39 is 6.10 Å². The lowest BCUT2D eigenvalue weighted by atomic mass is 10.0. The molecule has 0 saturated heterocycles. The Morgan fingerprint density at radius 1 is 1.31 bits per heavy atom. The molecule has 0 radical (unpaired) electrons. The Bertz CT molecular complexity index is 936. The Labute approximate surface area is 160 Å². The summed E-state index contributed by atoms with van der Waals surface area (Å²) in [4.78, 5) is 4.31. The summed E-state index contributed by atoms with van der Waals surface area (Å²) in [5, 5.41) is 19.0. The molecule has 2 aromatic heterocycles. The zero-order valence-electron chi connectivity index (χ0n) is 14.8. The molecule has 136 valence electrons. The Morgan fingerprint density at radius 3 is 2.85 bits per heavy atom. The number of rotatable bonds is 6. The molecule has 0 spiro atoms. The van der Waals surface area contributed by atoms with Crippen LogP contribution < -0.4 is 4.74 Å². The number of ether oxygens (including phenoxy) is 1. The number of aliphatic hydroxyl groups excluding tert-OH is 1. The topological polar surface area (TPSA) is 73.1 Å². The fourth-order valence-electron chi connectivity index (χ4n) is 2.92. The average molecular weight is 417 g/mol. The first-order valence-electron chi connectivity index (χ1n) is 8.87. The minimum absolute atomic E-state index is 0.0646. The molecule has 1 aliphatic rings. The highest BCUT2D eigenvalue weighted by Crippen LogP contribution is 2.38. The zero-order valence-corrected chi connectivity index (χ0v) is 16.3. The maximum atomic E-state index is 10.4. The van der Waals surface area contributed by atoms with Crippen molar-refractivity contribution < 1.29 is 9.84 Å². The van der Waals surface area contributed by atoms with Gasteiger partial charge in [-0.05, 0) is 64.9 Å². The number of pyridine rings is 1. The van der Waals surface area contributed by atoms with E-state index in [9.17, 15) is 5.11 Å². The van der Waals surface area contributed by atoms with Gasteiger partial charge in [-0.3, -0.25) is 0 Å². The second-order valence-corrected chi connectivity index (χ2v) is 7.94. The first-order chi connectivity index (χ1) is 12.5. The van der Waals surface area contributed by atoms with Crippen molar-refractivity contribution in [3.63, 3.8) is 0 Å². The Hall–Kier alpha value is -1.99. The zero-order chi connectivity index (χ0) is 18.3. The van der Waals surface area contributed by atoms with E-state index in [0.29, 0.717) is 17.2 Å². The van der Waals surface area contributed by atoms with Gasteiger partial charge in [-0.15, -0.1) is 5.10 Å². The molecule has 0 bridgehead atoms. The normalized spacial score (nSPS) is 15.6. The molecule has 7 heteroatoms. The van der Waals surface area contributed by atoms with Gasteiger partial charge < -0.3 is 9.84 Å². The Kier molecular flexibility index (Phi) is 4.67. The lowest BCUT2D eigenvalue weighted by Crippen LogP contribution is -2.08. The molecule has 1 saturated carbocycles. The number of benzene rings is 1. The summed E-state index contributed by atoms with van der Waals surface area (Å²) in [5.41, 5.74) is 2.43. The number of hydrogen-bond acceptors (Lipinski definition) is 5. The fraction of sp³-hybridized carbons (Fsp3) is 0.421. The maximum absolute atomic E-state index is 10.4. The second kappa shape index (κ2) is 6.96. The third-order valence-corrected chi connectivity index (χ3v) is 5.44. The minimum atomic E-state index is -0.638. The molecule has 1 fully saturated rings. The third kappa shape index (κ3) is 3.33. The van der Waals surface area contributed by atoms with E-state index in [1.807, 2.05) is 36.7 Å². The van der Waals surface area contributed by atoms with E-state index in [4.69, 9.17) is 4.74 Å². The molecule has 26 heavy (non-hydrogen) atoms. The van der Waals surface area contributed by atoms with Crippen LogP contribution in [-0.4, -0.2) is 25.1 Å². The molecular weight excluding hydrogens is 396 g/mol. The lowest BCUT2D eigenvalue weighted by molar-refractivity contribution is 0.123. The number of aromatic nitrogens is 4. The van der Waals surface area contributed by atoms with E-state index in [-0.39, 0.29) is 5.92 Å². The van der Waals surface area contributed by atoms with E-state index in [2.05, 4.69) is 31.2 Å². The largest absolute Gasteiger partial charge is 0.437 e. The SMILES string of the molecule is CC(C)C(O)c1cccnc1Oc1ccc2c(nnn2CC2CC2)c1Br. The van der Waals surface area contributed by atoms with Crippen molar-refractivity contribution in [2.75, 3.05) is 0 Å². The van der Waals surface area contributed by atoms with Gasteiger partial charge in [0.2, 0.25) is 5.88 Å². The highest BCUT2D eigenvalue weighted by atomic mass is 79.9. The van der Waals surface area contributed by atoms with E-state index in [0.717, 1.165) is 28.0 Å². The summed E-state index contributed by atoms with van der Waals surface area (Å²) in [5.74, 6) is 1.80. The van der Waals surface area contributed by atoms with Gasteiger partial charge in [0.15, 0.2) is 0 Å². The first-order valence-corrected chi connectivity index (χ1v) is 9.66. The van der Waals surface area contributed by atoms with E-state index in [1.165, 1.54) is 12.8 Å². The summed E-state index contributed by atoms with van der Waals surface area (Å²) in [6.45, 7) is 4.83. The number of fused-ring (bicyclic) bond motifs is 1. The van der Waals surface area contributed by atoms with Gasteiger partial charge in [-0.2, -0.15) is 0 Å². The van der Waals surface area contributed by atoms with Gasteiger partial charge in [0.05, 0.1) is 16.1 Å². The van der Waals surface area contributed by atoms with Gasteiger partial charge >= 0.3 is 0 Å². The highest BCUT2D eigenvalue weighted by Gasteiger charge is 2.24. The molecule has 4 rings (SSSR count). The van der Waals surface area contributed by atoms with Crippen LogP contribution in [-0.2, 0) is 6.54 Å². The number of aliphatic hydroxyl groups is 1. The van der Waals surface area contributed by atoms with Crippen molar-refractivity contribution in [1.29, 1.82) is 0 Å². The summed E-state index contributed by atoms with van der Waals surface area (Å²) in [6.07, 6.45) is 3.56. The fourth-order valence-corrected chi connectivity index (χ4v) is 3.42. The maximum Gasteiger partial charge on any atom is 0.225 e. The first kappa shape index (κ1) is 17.4. The smallest absolute Gasteiger partial charge is 0.225 e. The van der Waals surface area contributed by atoms with Gasteiger partial charge in [-0.1, -0.05) is 19.1 Å². The summed E-state index contributed by atoms with van der Waals surface area (Å²) < 4.78 is 8.73. The predicted octanol–water partition coefficient (Wildman–Crippen LogP) is 4.48. The van der Waals surface area contributed by atoms with Crippen LogP contribution in [0.2, 0.25) is 0 Å². The molecule has 1 N–H and O–H groups in total. The van der Waals surface area contributed by atoms with Crippen molar-refractivity contribution in [3.05, 3.63) is 40.5 Å². The summed E-state index contributed by atoms with van der Waals surface area (Å²) in [6, 6.07) is 7.50. The third-order valence-electron chi connectivity index (χ3n) is 4.68.